The molecule has 5 rings (SSSR count). The lowest BCUT2D eigenvalue weighted by Gasteiger charge is -2.34. The molecule has 0 radical (unpaired) electrons. The molecular weight excluding hydrogens is 304 g/mol. The molecule has 0 unspecified atom stereocenters. The molecule has 4 heterocycles. The normalized spacial score (nSPS) is 18.5. The minimum Gasteiger partial charge on any atom is -0.507 e. The third kappa shape index (κ3) is 2.03. The van der Waals surface area contributed by atoms with Gasteiger partial charge in [0, 0.05) is 30.3 Å². The number of phenols is 1. The van der Waals surface area contributed by atoms with Crippen molar-refractivity contribution >= 4 is 11.0 Å². The van der Waals surface area contributed by atoms with Crippen molar-refractivity contribution in [3.63, 3.8) is 0 Å². The van der Waals surface area contributed by atoms with Crippen LogP contribution in [0, 0.1) is 0 Å². The van der Waals surface area contributed by atoms with E-state index in [-0.39, 0.29) is 5.75 Å². The van der Waals surface area contributed by atoms with Crippen LogP contribution in [0.2, 0.25) is 0 Å². The van der Waals surface area contributed by atoms with Gasteiger partial charge in [0.25, 0.3) is 0 Å². The highest BCUT2D eigenvalue weighted by atomic mass is 16.5. The van der Waals surface area contributed by atoms with E-state index in [1.807, 2.05) is 18.2 Å². The quantitative estimate of drug-likeness (QED) is 0.772. The molecular formula is C18H18N4O2. The number of benzene rings is 1. The summed E-state index contributed by atoms with van der Waals surface area (Å²) < 4.78 is 7.78. The number of nitrogens with one attached hydrogen (secondary N) is 1. The van der Waals surface area contributed by atoms with Gasteiger partial charge < -0.3 is 19.7 Å². The van der Waals surface area contributed by atoms with Crippen LogP contribution >= 0.6 is 0 Å². The fourth-order valence-corrected chi connectivity index (χ4v) is 3.45. The summed E-state index contributed by atoms with van der Waals surface area (Å²) in [5.74, 6) is 0.744. The first-order valence-corrected chi connectivity index (χ1v) is 8.26. The second-order valence-corrected chi connectivity index (χ2v) is 6.50. The third-order valence-electron chi connectivity index (χ3n) is 4.99. The van der Waals surface area contributed by atoms with Gasteiger partial charge in [-0.3, -0.25) is 0 Å². The molecule has 1 aromatic carbocycles. The maximum Gasteiger partial charge on any atom is 0.125 e. The van der Waals surface area contributed by atoms with Crippen LogP contribution in [-0.2, 0) is 4.74 Å². The van der Waals surface area contributed by atoms with E-state index in [0.717, 1.165) is 37.3 Å². The van der Waals surface area contributed by atoms with Crippen molar-refractivity contribution in [2.45, 2.75) is 12.0 Å². The van der Waals surface area contributed by atoms with Gasteiger partial charge in [0.2, 0.25) is 0 Å². The van der Waals surface area contributed by atoms with Crippen LogP contribution in [0.25, 0.3) is 22.3 Å². The molecule has 24 heavy (non-hydrogen) atoms. The van der Waals surface area contributed by atoms with Crippen LogP contribution in [0.3, 0.4) is 0 Å². The number of rotatable bonds is 3. The SMILES string of the molecule is Oc1ccccc1-c1cc2c(cc(C3CNC3)n2C2COC2)nn1. The maximum absolute atomic E-state index is 10.1. The van der Waals surface area contributed by atoms with Gasteiger partial charge in [-0.25, -0.2) is 0 Å². The monoisotopic (exact) mass is 322 g/mol. The van der Waals surface area contributed by atoms with Crippen molar-refractivity contribution in [2.24, 2.45) is 0 Å². The van der Waals surface area contributed by atoms with Crippen LogP contribution < -0.4 is 5.32 Å². The molecule has 0 bridgehead atoms. The van der Waals surface area contributed by atoms with Crippen LogP contribution in [0.4, 0.5) is 0 Å². The Hall–Kier alpha value is -2.44. The van der Waals surface area contributed by atoms with Gasteiger partial charge in [0.1, 0.15) is 11.3 Å². The first kappa shape index (κ1) is 13.9. The average molecular weight is 322 g/mol. The lowest BCUT2D eigenvalue weighted by Crippen LogP contribution is -2.42. The zero-order chi connectivity index (χ0) is 16.1. The predicted octanol–water partition coefficient (Wildman–Crippen LogP) is 2.06. The Labute approximate surface area is 139 Å². The number of para-hydroxylation sites is 1. The molecule has 122 valence electrons. The first-order valence-electron chi connectivity index (χ1n) is 8.26. The van der Waals surface area contributed by atoms with Gasteiger partial charge in [-0.15, -0.1) is 10.2 Å². The van der Waals surface area contributed by atoms with Gasteiger partial charge >= 0.3 is 0 Å². The third-order valence-corrected chi connectivity index (χ3v) is 4.99. The van der Waals surface area contributed by atoms with Crippen molar-refractivity contribution in [3.8, 4) is 17.0 Å². The number of fused-ring (bicyclic) bond motifs is 1. The standard InChI is InChI=1S/C18H18N4O2/c23-18-4-2-1-3-13(18)14-5-17-15(21-20-14)6-16(11-7-19-8-11)22(17)12-9-24-10-12/h1-6,11-12,19,23H,7-10H2. The second kappa shape index (κ2) is 5.29. The summed E-state index contributed by atoms with van der Waals surface area (Å²) in [6.07, 6.45) is 0. The fraction of sp³-hybridized carbons (Fsp3) is 0.333. The molecule has 2 saturated heterocycles. The van der Waals surface area contributed by atoms with E-state index in [0.29, 0.717) is 23.2 Å². The number of phenolic OH excluding ortho intramolecular Hbond substituents is 1. The summed E-state index contributed by atoms with van der Waals surface area (Å²) in [4.78, 5) is 0. The molecule has 6 nitrogen and oxygen atoms in total. The van der Waals surface area contributed by atoms with Crippen LogP contribution in [-0.4, -0.2) is 46.2 Å². The largest absolute Gasteiger partial charge is 0.507 e. The zero-order valence-corrected chi connectivity index (χ0v) is 13.1. The van der Waals surface area contributed by atoms with Gasteiger partial charge in [-0.05, 0) is 24.3 Å². The second-order valence-electron chi connectivity index (χ2n) is 6.50. The average Bonchev–Trinajstić information content (AvgIpc) is 2.83. The smallest absolute Gasteiger partial charge is 0.125 e. The van der Waals surface area contributed by atoms with E-state index in [1.165, 1.54) is 5.69 Å². The van der Waals surface area contributed by atoms with E-state index >= 15 is 0 Å². The minimum atomic E-state index is 0.222. The van der Waals surface area contributed by atoms with Crippen LogP contribution in [0.5, 0.6) is 5.75 Å². The number of aromatic nitrogens is 3. The van der Waals surface area contributed by atoms with E-state index in [4.69, 9.17) is 4.74 Å². The number of hydrogen-bond donors (Lipinski definition) is 2. The fourth-order valence-electron chi connectivity index (χ4n) is 3.45. The highest BCUT2D eigenvalue weighted by Gasteiger charge is 2.30. The van der Waals surface area contributed by atoms with Crippen molar-refractivity contribution in [1.29, 1.82) is 0 Å². The van der Waals surface area contributed by atoms with Gasteiger partial charge in [-0.2, -0.15) is 0 Å². The molecule has 2 fully saturated rings. The molecule has 0 aliphatic carbocycles. The zero-order valence-electron chi connectivity index (χ0n) is 13.1. The van der Waals surface area contributed by atoms with Gasteiger partial charge in [-0.1, -0.05) is 12.1 Å². The summed E-state index contributed by atoms with van der Waals surface area (Å²) in [5, 5.41) is 22.2. The van der Waals surface area contributed by atoms with E-state index in [1.54, 1.807) is 12.1 Å². The molecule has 0 saturated carbocycles. The summed E-state index contributed by atoms with van der Waals surface area (Å²) in [6, 6.07) is 11.8. The number of nitrogens with zero attached hydrogens (tertiary/aromatic N) is 3. The van der Waals surface area contributed by atoms with Crippen molar-refractivity contribution in [2.75, 3.05) is 26.3 Å². The predicted molar refractivity (Wildman–Crippen MR) is 90.1 cm³/mol. The summed E-state index contributed by atoms with van der Waals surface area (Å²) in [7, 11) is 0. The molecule has 6 heteroatoms. The Morgan fingerprint density at radius 3 is 2.62 bits per heavy atom. The maximum atomic E-state index is 10.1. The van der Waals surface area contributed by atoms with E-state index in [2.05, 4.69) is 26.1 Å². The number of ether oxygens (including phenoxy) is 1. The Morgan fingerprint density at radius 2 is 1.96 bits per heavy atom. The summed E-state index contributed by atoms with van der Waals surface area (Å²) in [6.45, 7) is 3.49. The first-order chi connectivity index (χ1) is 11.8. The molecule has 3 aromatic rings. The Bertz CT molecular complexity index is 913. The van der Waals surface area contributed by atoms with E-state index < -0.39 is 0 Å². The molecule has 0 spiro atoms. The lowest BCUT2D eigenvalue weighted by molar-refractivity contribution is -0.0230. The molecule has 2 aliphatic heterocycles. The van der Waals surface area contributed by atoms with Gasteiger partial charge in [0.15, 0.2) is 0 Å². The Morgan fingerprint density at radius 1 is 1.12 bits per heavy atom. The molecule has 2 N–H and O–H groups in total. The number of aromatic hydroxyl groups is 1. The summed E-state index contributed by atoms with van der Waals surface area (Å²) >= 11 is 0. The Balaban J connectivity index is 1.69. The van der Waals surface area contributed by atoms with Crippen molar-refractivity contribution in [3.05, 3.63) is 42.1 Å². The molecule has 2 aromatic heterocycles. The van der Waals surface area contributed by atoms with Crippen LogP contribution in [0.15, 0.2) is 36.4 Å². The highest BCUT2D eigenvalue weighted by Crippen LogP contribution is 2.35. The highest BCUT2D eigenvalue weighted by molar-refractivity contribution is 5.82. The van der Waals surface area contributed by atoms with E-state index in [9.17, 15) is 5.11 Å². The minimum absolute atomic E-state index is 0.222. The molecule has 2 aliphatic rings. The summed E-state index contributed by atoms with van der Waals surface area (Å²) in [5.41, 5.74) is 4.68. The number of hydrogen-bond acceptors (Lipinski definition) is 5. The van der Waals surface area contributed by atoms with Crippen LogP contribution in [0.1, 0.15) is 17.7 Å². The van der Waals surface area contributed by atoms with Gasteiger partial charge in [0.05, 0.1) is 30.5 Å². The van der Waals surface area contributed by atoms with Crippen molar-refractivity contribution in [1.82, 2.24) is 20.1 Å². The van der Waals surface area contributed by atoms with Crippen molar-refractivity contribution < 1.29 is 9.84 Å². The topological polar surface area (TPSA) is 72.2 Å². The molecule has 0 atom stereocenters. The Kier molecular flexibility index (Phi) is 3.08. The molecule has 0 amide bonds. The lowest BCUT2D eigenvalue weighted by atomic mass is 9.99.